The third-order valence-electron chi connectivity index (χ3n) is 1.35. The minimum atomic E-state index is 0.770. The van der Waals surface area contributed by atoms with Crippen molar-refractivity contribution in [2.24, 2.45) is 0 Å². The lowest BCUT2D eigenvalue weighted by Gasteiger charge is -1.84. The lowest BCUT2D eigenvalue weighted by Crippen LogP contribution is -1.70. The first kappa shape index (κ1) is 7.94. The van der Waals surface area contributed by atoms with E-state index in [1.54, 1.807) is 0 Å². The van der Waals surface area contributed by atoms with Crippen LogP contribution in [-0.2, 0) is 0 Å². The van der Waals surface area contributed by atoms with Gasteiger partial charge in [-0.3, -0.25) is 0 Å². The van der Waals surface area contributed by atoms with Gasteiger partial charge in [-0.1, -0.05) is 11.3 Å². The zero-order chi connectivity index (χ0) is 8.55. The molecule has 2 heterocycles. The summed E-state index contributed by atoms with van der Waals surface area (Å²) in [7, 11) is 0. The molecule has 0 saturated carbocycles. The van der Waals surface area contributed by atoms with E-state index in [0.717, 1.165) is 20.4 Å². The summed E-state index contributed by atoms with van der Waals surface area (Å²) in [6.45, 7) is 1.90. The maximum atomic E-state index is 5.37. The van der Waals surface area contributed by atoms with Crippen LogP contribution in [0.5, 0.6) is 0 Å². The molecule has 0 aliphatic rings. The fraction of sp³-hybridized carbons (Fsp3) is 0.143. The molecule has 0 bridgehead atoms. The van der Waals surface area contributed by atoms with Crippen molar-refractivity contribution in [3.8, 4) is 10.8 Å². The zero-order valence-corrected chi connectivity index (χ0v) is 8.65. The van der Waals surface area contributed by atoms with Gasteiger partial charge in [0, 0.05) is 0 Å². The van der Waals surface area contributed by atoms with Crippen LogP contribution in [0, 0.1) is 6.92 Å². The first-order valence-corrected chi connectivity index (χ1v) is 4.92. The Bertz CT molecular complexity index is 357. The van der Waals surface area contributed by atoms with Crippen LogP contribution in [-0.4, -0.2) is 10.2 Å². The molecule has 0 radical (unpaired) electrons. The average Bonchev–Trinajstić information content (AvgIpc) is 2.58. The van der Waals surface area contributed by atoms with Crippen LogP contribution in [0.3, 0.4) is 0 Å². The summed E-state index contributed by atoms with van der Waals surface area (Å²) in [5.74, 6) is 1.66. The van der Waals surface area contributed by atoms with Crippen LogP contribution in [0.25, 0.3) is 10.8 Å². The van der Waals surface area contributed by atoms with E-state index in [0.29, 0.717) is 0 Å². The average molecular weight is 245 g/mol. The van der Waals surface area contributed by atoms with Gasteiger partial charge in [-0.25, -0.2) is 0 Å². The Balaban J connectivity index is 2.43. The zero-order valence-electron chi connectivity index (χ0n) is 6.24. The van der Waals surface area contributed by atoms with Crippen molar-refractivity contribution in [1.82, 2.24) is 10.2 Å². The van der Waals surface area contributed by atoms with E-state index >= 15 is 0 Å². The van der Waals surface area contributed by atoms with Gasteiger partial charge < -0.3 is 4.42 Å². The molecule has 62 valence electrons. The molecule has 0 aliphatic heterocycles. The largest absolute Gasteiger partial charge is 0.459 e. The van der Waals surface area contributed by atoms with Gasteiger partial charge in [0.2, 0.25) is 0 Å². The summed E-state index contributed by atoms with van der Waals surface area (Å²) < 4.78 is 6.14. The minimum absolute atomic E-state index is 0.770. The summed E-state index contributed by atoms with van der Waals surface area (Å²) in [4.78, 5) is 0. The van der Waals surface area contributed by atoms with Crippen LogP contribution in [0.1, 0.15) is 5.76 Å². The molecule has 2 aromatic rings. The van der Waals surface area contributed by atoms with Crippen molar-refractivity contribution in [2.45, 2.75) is 6.92 Å². The standard InChI is InChI=1S/C7H5BrN2OS/c1-4-2-3-5(11-4)6-9-10-7(8)12-6/h2-3H,1H3. The Labute approximate surface area is 81.6 Å². The molecule has 0 N–H and O–H groups in total. The Morgan fingerprint density at radius 3 is 2.75 bits per heavy atom. The Hall–Kier alpha value is -0.680. The highest BCUT2D eigenvalue weighted by atomic mass is 79.9. The van der Waals surface area contributed by atoms with E-state index in [9.17, 15) is 0 Å². The second kappa shape index (κ2) is 2.99. The second-order valence-corrected chi connectivity index (χ2v) is 4.52. The van der Waals surface area contributed by atoms with E-state index in [1.807, 2.05) is 19.1 Å². The fourth-order valence-corrected chi connectivity index (χ4v) is 1.93. The van der Waals surface area contributed by atoms with Crippen molar-refractivity contribution < 1.29 is 4.42 Å². The van der Waals surface area contributed by atoms with Gasteiger partial charge in [-0.05, 0) is 35.0 Å². The number of aryl methyl sites for hydroxylation is 1. The number of nitrogens with zero attached hydrogens (tertiary/aromatic N) is 2. The van der Waals surface area contributed by atoms with Crippen molar-refractivity contribution in [1.29, 1.82) is 0 Å². The molecule has 0 unspecified atom stereocenters. The Kier molecular flexibility index (Phi) is 1.98. The molecule has 0 fully saturated rings. The lowest BCUT2D eigenvalue weighted by atomic mass is 10.4. The van der Waals surface area contributed by atoms with Crippen LogP contribution in [0.2, 0.25) is 0 Å². The van der Waals surface area contributed by atoms with Gasteiger partial charge in [0.25, 0.3) is 0 Å². The van der Waals surface area contributed by atoms with E-state index in [4.69, 9.17) is 4.42 Å². The first-order valence-electron chi connectivity index (χ1n) is 3.31. The minimum Gasteiger partial charge on any atom is -0.459 e. The molecular formula is C7H5BrN2OS. The first-order chi connectivity index (χ1) is 5.75. The topological polar surface area (TPSA) is 38.9 Å². The number of rotatable bonds is 1. The predicted octanol–water partition coefficient (Wildman–Crippen LogP) is 2.87. The van der Waals surface area contributed by atoms with Gasteiger partial charge in [0.05, 0.1) is 0 Å². The quantitative estimate of drug-likeness (QED) is 0.775. The van der Waals surface area contributed by atoms with Crippen LogP contribution in [0.15, 0.2) is 20.5 Å². The highest BCUT2D eigenvalue weighted by molar-refractivity contribution is 9.11. The van der Waals surface area contributed by atoms with Gasteiger partial charge >= 0.3 is 0 Å². The second-order valence-electron chi connectivity index (χ2n) is 2.27. The monoisotopic (exact) mass is 244 g/mol. The molecule has 12 heavy (non-hydrogen) atoms. The van der Waals surface area contributed by atoms with Gasteiger partial charge in [0.15, 0.2) is 14.7 Å². The molecule has 3 nitrogen and oxygen atoms in total. The molecule has 0 atom stereocenters. The number of furan rings is 1. The van der Waals surface area contributed by atoms with Crippen molar-refractivity contribution in [3.05, 3.63) is 21.8 Å². The molecular weight excluding hydrogens is 240 g/mol. The highest BCUT2D eigenvalue weighted by Crippen LogP contribution is 2.27. The molecule has 0 spiro atoms. The fourth-order valence-electron chi connectivity index (χ4n) is 0.854. The summed E-state index contributed by atoms with van der Waals surface area (Å²) in [6, 6.07) is 3.80. The Morgan fingerprint density at radius 2 is 2.25 bits per heavy atom. The number of hydrogen-bond acceptors (Lipinski definition) is 4. The summed E-state index contributed by atoms with van der Waals surface area (Å²) in [5, 5.41) is 8.56. The lowest BCUT2D eigenvalue weighted by molar-refractivity contribution is 0.547. The molecule has 2 aromatic heterocycles. The van der Waals surface area contributed by atoms with Crippen molar-refractivity contribution in [3.63, 3.8) is 0 Å². The molecule has 5 heteroatoms. The van der Waals surface area contributed by atoms with Crippen molar-refractivity contribution in [2.75, 3.05) is 0 Å². The SMILES string of the molecule is Cc1ccc(-c2nnc(Br)s2)o1. The van der Waals surface area contributed by atoms with Gasteiger partial charge in [0.1, 0.15) is 5.76 Å². The third kappa shape index (κ3) is 1.42. The predicted molar refractivity (Wildman–Crippen MR) is 50.0 cm³/mol. The van der Waals surface area contributed by atoms with Crippen LogP contribution in [0.4, 0.5) is 0 Å². The summed E-state index contributed by atoms with van der Waals surface area (Å²) >= 11 is 4.69. The molecule has 2 rings (SSSR count). The van der Waals surface area contributed by atoms with E-state index in [-0.39, 0.29) is 0 Å². The number of halogens is 1. The molecule has 0 aromatic carbocycles. The van der Waals surface area contributed by atoms with Crippen LogP contribution < -0.4 is 0 Å². The normalized spacial score (nSPS) is 10.5. The van der Waals surface area contributed by atoms with E-state index in [1.165, 1.54) is 11.3 Å². The Morgan fingerprint density at radius 1 is 1.42 bits per heavy atom. The maximum Gasteiger partial charge on any atom is 0.184 e. The number of hydrogen-bond donors (Lipinski definition) is 0. The third-order valence-corrected chi connectivity index (χ3v) is 2.72. The van der Waals surface area contributed by atoms with E-state index in [2.05, 4.69) is 26.1 Å². The summed E-state index contributed by atoms with van der Waals surface area (Å²) in [6.07, 6.45) is 0. The number of aromatic nitrogens is 2. The molecule has 0 aliphatic carbocycles. The highest BCUT2D eigenvalue weighted by Gasteiger charge is 2.07. The van der Waals surface area contributed by atoms with Crippen LogP contribution >= 0.6 is 27.3 Å². The van der Waals surface area contributed by atoms with E-state index < -0.39 is 0 Å². The van der Waals surface area contributed by atoms with Gasteiger partial charge in [-0.2, -0.15) is 0 Å². The molecule has 0 saturated heterocycles. The van der Waals surface area contributed by atoms with Gasteiger partial charge in [-0.15, -0.1) is 10.2 Å². The maximum absolute atomic E-state index is 5.37. The molecule has 0 amide bonds. The smallest absolute Gasteiger partial charge is 0.184 e. The van der Waals surface area contributed by atoms with Crippen molar-refractivity contribution >= 4 is 27.3 Å². The summed E-state index contributed by atoms with van der Waals surface area (Å²) in [5.41, 5.74) is 0.